The van der Waals surface area contributed by atoms with E-state index in [0.29, 0.717) is 36.3 Å². The molecule has 2 atom stereocenters. The first-order valence-corrected chi connectivity index (χ1v) is 8.22. The maximum absolute atomic E-state index is 12.7. The highest BCUT2D eigenvalue weighted by Crippen LogP contribution is 2.40. The van der Waals surface area contributed by atoms with Gasteiger partial charge in [0.15, 0.2) is 0 Å². The number of rotatable bonds is 3. The first-order valence-electron chi connectivity index (χ1n) is 6.78. The molecule has 0 radical (unpaired) electrons. The van der Waals surface area contributed by atoms with Crippen LogP contribution in [0, 0.1) is 18.8 Å². The smallest absolute Gasteiger partial charge is 0.246 e. The number of nitrogens with zero attached hydrogens (tertiary/aromatic N) is 2. The Hall–Kier alpha value is -0.920. The molecule has 3 rings (SSSR count). The molecular weight excluding hydrogens is 264 g/mol. The molecule has 0 amide bonds. The van der Waals surface area contributed by atoms with Crippen LogP contribution in [0.1, 0.15) is 30.7 Å². The minimum absolute atomic E-state index is 0.138. The highest BCUT2D eigenvalue weighted by molar-refractivity contribution is 7.89. The summed E-state index contributed by atoms with van der Waals surface area (Å²) in [4.78, 5) is 0.287. The number of H-pyrrole nitrogens is 1. The summed E-state index contributed by atoms with van der Waals surface area (Å²) in [7, 11) is -3.45. The third-order valence-electron chi connectivity index (χ3n) is 4.45. The Morgan fingerprint density at radius 3 is 2.58 bits per heavy atom. The molecule has 2 aliphatic rings. The van der Waals surface area contributed by atoms with E-state index in [1.54, 1.807) is 11.2 Å². The van der Waals surface area contributed by atoms with Crippen molar-refractivity contribution < 1.29 is 8.42 Å². The number of hydrogen-bond acceptors (Lipinski definition) is 4. The minimum atomic E-state index is -3.45. The number of fused-ring (bicyclic) bond motifs is 1. The van der Waals surface area contributed by atoms with Crippen LogP contribution in [-0.2, 0) is 16.6 Å². The number of aromatic amines is 1. The van der Waals surface area contributed by atoms with E-state index in [4.69, 9.17) is 5.73 Å². The van der Waals surface area contributed by atoms with Gasteiger partial charge in [0.05, 0.1) is 11.4 Å². The molecule has 0 bridgehead atoms. The van der Waals surface area contributed by atoms with E-state index in [-0.39, 0.29) is 11.4 Å². The second-order valence-corrected chi connectivity index (χ2v) is 7.48. The van der Waals surface area contributed by atoms with Crippen molar-refractivity contribution in [3.8, 4) is 0 Å². The van der Waals surface area contributed by atoms with Crippen LogP contribution in [-0.4, -0.2) is 36.0 Å². The molecule has 0 aromatic carbocycles. The molecule has 1 aromatic heterocycles. The fourth-order valence-electron chi connectivity index (χ4n) is 3.47. The number of sulfonamides is 1. The summed E-state index contributed by atoms with van der Waals surface area (Å²) in [6, 6.07) is 0. The molecule has 1 aromatic rings. The first-order chi connectivity index (χ1) is 9.04. The predicted molar refractivity (Wildman–Crippen MR) is 70.8 cm³/mol. The number of nitrogens with one attached hydrogen (secondary N) is 1. The van der Waals surface area contributed by atoms with Crippen molar-refractivity contribution in [1.29, 1.82) is 0 Å². The zero-order chi connectivity index (χ0) is 13.6. The van der Waals surface area contributed by atoms with E-state index >= 15 is 0 Å². The summed E-state index contributed by atoms with van der Waals surface area (Å²) in [6.45, 7) is 3.18. The lowest BCUT2D eigenvalue weighted by Crippen LogP contribution is -2.30. The summed E-state index contributed by atoms with van der Waals surface area (Å²) < 4.78 is 27.1. The van der Waals surface area contributed by atoms with Crippen LogP contribution < -0.4 is 5.73 Å². The van der Waals surface area contributed by atoms with Crippen molar-refractivity contribution >= 4 is 10.0 Å². The second-order valence-electron chi connectivity index (χ2n) is 5.60. The van der Waals surface area contributed by atoms with E-state index in [2.05, 4.69) is 10.2 Å². The third kappa shape index (κ3) is 2.00. The van der Waals surface area contributed by atoms with Gasteiger partial charge in [0, 0.05) is 19.6 Å². The maximum atomic E-state index is 12.7. The van der Waals surface area contributed by atoms with E-state index in [0.717, 1.165) is 12.8 Å². The van der Waals surface area contributed by atoms with Crippen LogP contribution in [0.2, 0.25) is 0 Å². The van der Waals surface area contributed by atoms with Crippen molar-refractivity contribution in [3.63, 3.8) is 0 Å². The van der Waals surface area contributed by atoms with E-state index < -0.39 is 10.0 Å². The fourth-order valence-corrected chi connectivity index (χ4v) is 5.36. The molecule has 1 aliphatic carbocycles. The van der Waals surface area contributed by atoms with Crippen LogP contribution in [0.4, 0.5) is 0 Å². The lowest BCUT2D eigenvalue weighted by atomic mass is 10.0. The van der Waals surface area contributed by atoms with Crippen molar-refractivity contribution in [2.75, 3.05) is 13.1 Å². The van der Waals surface area contributed by atoms with Gasteiger partial charge in [-0.1, -0.05) is 6.42 Å². The molecule has 106 valence electrons. The largest absolute Gasteiger partial charge is 0.325 e. The lowest BCUT2D eigenvalue weighted by Gasteiger charge is -2.17. The van der Waals surface area contributed by atoms with Crippen molar-refractivity contribution in [2.24, 2.45) is 17.6 Å². The van der Waals surface area contributed by atoms with Crippen LogP contribution in [0.25, 0.3) is 0 Å². The fraction of sp³-hybridized carbons (Fsp3) is 0.750. The van der Waals surface area contributed by atoms with Crippen molar-refractivity contribution in [2.45, 2.75) is 37.6 Å². The first kappa shape index (κ1) is 13.1. The van der Waals surface area contributed by atoms with Gasteiger partial charge in [-0.3, -0.25) is 5.10 Å². The van der Waals surface area contributed by atoms with Crippen LogP contribution in [0.15, 0.2) is 4.90 Å². The van der Waals surface area contributed by atoms with Gasteiger partial charge in [-0.2, -0.15) is 9.40 Å². The predicted octanol–water partition coefficient (Wildman–Crippen LogP) is 0.597. The average molecular weight is 284 g/mol. The van der Waals surface area contributed by atoms with Crippen LogP contribution >= 0.6 is 0 Å². The Morgan fingerprint density at radius 2 is 2.00 bits per heavy atom. The van der Waals surface area contributed by atoms with E-state index in [9.17, 15) is 8.42 Å². The van der Waals surface area contributed by atoms with Gasteiger partial charge in [-0.15, -0.1) is 0 Å². The van der Waals surface area contributed by atoms with Gasteiger partial charge >= 0.3 is 0 Å². The molecule has 2 unspecified atom stereocenters. The number of hydrogen-bond donors (Lipinski definition) is 2. The molecule has 7 heteroatoms. The molecule has 1 aliphatic heterocycles. The maximum Gasteiger partial charge on any atom is 0.246 e. The third-order valence-corrected chi connectivity index (χ3v) is 6.48. The highest BCUT2D eigenvalue weighted by atomic mass is 32.2. The molecule has 0 spiro atoms. The quantitative estimate of drug-likeness (QED) is 0.850. The normalized spacial score (nSPS) is 27.9. The van der Waals surface area contributed by atoms with Gasteiger partial charge < -0.3 is 5.73 Å². The summed E-state index contributed by atoms with van der Waals surface area (Å²) in [6.07, 6.45) is 3.55. The lowest BCUT2D eigenvalue weighted by molar-refractivity contribution is 0.444. The van der Waals surface area contributed by atoms with Gasteiger partial charge in [0.1, 0.15) is 4.90 Å². The number of nitrogens with two attached hydrogens (primary N) is 1. The molecular formula is C12H20N4O2S. The zero-order valence-electron chi connectivity index (χ0n) is 11.1. The molecule has 1 saturated heterocycles. The molecule has 2 fully saturated rings. The molecule has 1 saturated carbocycles. The Balaban J connectivity index is 1.93. The van der Waals surface area contributed by atoms with Gasteiger partial charge in [0.25, 0.3) is 0 Å². The molecule has 3 N–H and O–H groups in total. The summed E-state index contributed by atoms with van der Waals surface area (Å²) >= 11 is 0. The Bertz CT molecular complexity index is 569. The standard InChI is InChI=1S/C12H20N4O2S/c1-8-12(11(5-13)15-14-8)19(17,18)16-6-9-3-2-4-10(9)7-16/h9-10H,2-7,13H2,1H3,(H,14,15). The van der Waals surface area contributed by atoms with Crippen LogP contribution in [0.3, 0.4) is 0 Å². The van der Waals surface area contributed by atoms with Gasteiger partial charge in [-0.25, -0.2) is 8.42 Å². The Morgan fingerprint density at radius 1 is 1.37 bits per heavy atom. The monoisotopic (exact) mass is 284 g/mol. The SMILES string of the molecule is Cc1[nH]nc(CN)c1S(=O)(=O)N1CC2CCCC2C1. The summed E-state index contributed by atoms with van der Waals surface area (Å²) in [5, 5.41) is 6.72. The molecule has 19 heavy (non-hydrogen) atoms. The summed E-state index contributed by atoms with van der Waals surface area (Å²) in [5.74, 6) is 1.09. The zero-order valence-corrected chi connectivity index (χ0v) is 11.9. The van der Waals surface area contributed by atoms with Crippen LogP contribution in [0.5, 0.6) is 0 Å². The van der Waals surface area contributed by atoms with Gasteiger partial charge in [-0.05, 0) is 31.6 Å². The van der Waals surface area contributed by atoms with Crippen molar-refractivity contribution in [1.82, 2.24) is 14.5 Å². The Kier molecular flexibility index (Phi) is 3.15. The topological polar surface area (TPSA) is 92.1 Å². The average Bonchev–Trinajstić information content (AvgIpc) is 3.00. The molecule has 6 nitrogen and oxygen atoms in total. The second kappa shape index (κ2) is 4.57. The number of aryl methyl sites for hydroxylation is 1. The van der Waals surface area contributed by atoms with Crippen molar-refractivity contribution in [3.05, 3.63) is 11.4 Å². The summed E-state index contributed by atoms with van der Waals surface area (Å²) in [5.41, 5.74) is 6.61. The molecule has 2 heterocycles. The van der Waals surface area contributed by atoms with E-state index in [1.807, 2.05) is 0 Å². The minimum Gasteiger partial charge on any atom is -0.325 e. The van der Waals surface area contributed by atoms with Gasteiger partial charge in [0.2, 0.25) is 10.0 Å². The Labute approximate surface area is 113 Å². The highest BCUT2D eigenvalue weighted by Gasteiger charge is 2.42. The number of aromatic nitrogens is 2. The van der Waals surface area contributed by atoms with E-state index in [1.165, 1.54) is 6.42 Å².